The molecule has 0 saturated heterocycles. The fourth-order valence-electron chi connectivity index (χ4n) is 4.33. The fraction of sp³-hybridized carbons (Fsp3) is 0.400. The number of ether oxygens (including phenoxy) is 2. The van der Waals surface area contributed by atoms with Crippen LogP contribution < -0.4 is 30.3 Å². The highest BCUT2D eigenvalue weighted by Gasteiger charge is 2.23. The largest absolute Gasteiger partial charge is 0.495 e. The van der Waals surface area contributed by atoms with Crippen LogP contribution >= 0.6 is 23.8 Å². The molecule has 35 heavy (non-hydrogen) atoms. The van der Waals surface area contributed by atoms with E-state index in [1.54, 1.807) is 26.4 Å². The van der Waals surface area contributed by atoms with Gasteiger partial charge in [0.2, 0.25) is 5.95 Å². The third-order valence-corrected chi connectivity index (χ3v) is 6.64. The van der Waals surface area contributed by atoms with Crippen molar-refractivity contribution in [3.63, 3.8) is 0 Å². The molecule has 1 heterocycles. The highest BCUT2D eigenvalue weighted by molar-refractivity contribution is 7.80. The molecule has 1 saturated carbocycles. The zero-order valence-electron chi connectivity index (χ0n) is 20.4. The molecule has 10 heteroatoms. The van der Waals surface area contributed by atoms with Gasteiger partial charge in [0.15, 0.2) is 5.11 Å². The van der Waals surface area contributed by atoms with Gasteiger partial charge in [0.05, 0.1) is 30.4 Å². The molecule has 1 aliphatic rings. The SMILES string of the molecule is COc1cc(NC(=S)N[C@H]2CC[C@@H](Nc3nc(N(C)C)c4ccccc4n3)CC2)c(OC)cc1Cl. The molecule has 0 unspecified atom stereocenters. The van der Waals surface area contributed by atoms with E-state index in [1.807, 2.05) is 37.2 Å². The Labute approximate surface area is 216 Å². The molecule has 0 bridgehead atoms. The van der Waals surface area contributed by atoms with E-state index in [2.05, 4.69) is 22.0 Å². The number of hydrogen-bond donors (Lipinski definition) is 3. The maximum Gasteiger partial charge on any atom is 0.225 e. The molecule has 8 nitrogen and oxygen atoms in total. The summed E-state index contributed by atoms with van der Waals surface area (Å²) in [6.07, 6.45) is 3.95. The first-order valence-corrected chi connectivity index (χ1v) is 12.4. The summed E-state index contributed by atoms with van der Waals surface area (Å²) in [4.78, 5) is 11.5. The molecule has 3 aromatic rings. The second-order valence-corrected chi connectivity index (χ2v) is 9.58. The number of thiocarbonyl (C=S) groups is 1. The lowest BCUT2D eigenvalue weighted by atomic mass is 9.91. The Hall–Kier alpha value is -3.04. The maximum absolute atomic E-state index is 6.20. The molecule has 3 N–H and O–H groups in total. The zero-order chi connectivity index (χ0) is 24.9. The summed E-state index contributed by atoms with van der Waals surface area (Å²) in [5, 5.41) is 12.3. The van der Waals surface area contributed by atoms with Crippen LogP contribution in [0.3, 0.4) is 0 Å². The van der Waals surface area contributed by atoms with Crippen molar-refractivity contribution in [2.75, 3.05) is 43.8 Å². The van der Waals surface area contributed by atoms with E-state index in [-0.39, 0.29) is 6.04 Å². The Bertz CT molecular complexity index is 1200. The number of methoxy groups -OCH3 is 2. The van der Waals surface area contributed by atoms with Crippen LogP contribution in [-0.2, 0) is 0 Å². The molecular weight excluding hydrogens is 484 g/mol. The summed E-state index contributed by atoms with van der Waals surface area (Å²) in [5.74, 6) is 2.74. The van der Waals surface area contributed by atoms with Crippen molar-refractivity contribution in [1.82, 2.24) is 15.3 Å². The predicted octanol–water partition coefficient (Wildman–Crippen LogP) is 5.08. The first kappa shape index (κ1) is 25.1. The van der Waals surface area contributed by atoms with E-state index in [1.165, 1.54) is 0 Å². The Morgan fingerprint density at radius 2 is 1.69 bits per heavy atom. The molecule has 1 fully saturated rings. The molecule has 0 radical (unpaired) electrons. The van der Waals surface area contributed by atoms with Crippen molar-refractivity contribution in [3.05, 3.63) is 41.4 Å². The van der Waals surface area contributed by atoms with Crippen LogP contribution in [0.2, 0.25) is 5.02 Å². The van der Waals surface area contributed by atoms with Crippen molar-refractivity contribution in [2.45, 2.75) is 37.8 Å². The maximum atomic E-state index is 6.20. The minimum Gasteiger partial charge on any atom is -0.495 e. The van der Waals surface area contributed by atoms with Crippen molar-refractivity contribution in [2.24, 2.45) is 0 Å². The first-order chi connectivity index (χ1) is 16.9. The molecule has 2 aromatic carbocycles. The van der Waals surface area contributed by atoms with Crippen molar-refractivity contribution >= 4 is 57.3 Å². The number of anilines is 3. The fourth-order valence-corrected chi connectivity index (χ4v) is 4.84. The summed E-state index contributed by atoms with van der Waals surface area (Å²) in [7, 11) is 7.17. The highest BCUT2D eigenvalue weighted by atomic mass is 35.5. The molecule has 0 amide bonds. The Balaban J connectivity index is 1.34. The Morgan fingerprint density at radius 3 is 2.37 bits per heavy atom. The van der Waals surface area contributed by atoms with Crippen LogP contribution in [0.4, 0.5) is 17.5 Å². The normalized spacial score (nSPS) is 17.5. The monoisotopic (exact) mass is 514 g/mol. The van der Waals surface area contributed by atoms with E-state index in [0.29, 0.717) is 39.3 Å². The van der Waals surface area contributed by atoms with Gasteiger partial charge in [-0.15, -0.1) is 0 Å². The van der Waals surface area contributed by atoms with E-state index in [0.717, 1.165) is 42.4 Å². The summed E-state index contributed by atoms with van der Waals surface area (Å²) in [6.45, 7) is 0. The van der Waals surface area contributed by atoms with Gasteiger partial charge >= 0.3 is 0 Å². The number of nitrogens with zero attached hydrogens (tertiary/aromatic N) is 3. The predicted molar refractivity (Wildman–Crippen MR) is 147 cm³/mol. The number of halogens is 1. The van der Waals surface area contributed by atoms with Gasteiger partial charge in [0.1, 0.15) is 17.3 Å². The number of rotatable bonds is 7. The number of hydrogen-bond acceptors (Lipinski definition) is 7. The second-order valence-electron chi connectivity index (χ2n) is 8.76. The number of para-hydroxylation sites is 1. The minimum absolute atomic E-state index is 0.281. The Morgan fingerprint density at radius 1 is 1.00 bits per heavy atom. The molecule has 0 atom stereocenters. The van der Waals surface area contributed by atoms with E-state index < -0.39 is 0 Å². The van der Waals surface area contributed by atoms with Crippen molar-refractivity contribution in [3.8, 4) is 11.5 Å². The van der Waals surface area contributed by atoms with Gasteiger partial charge in [-0.3, -0.25) is 0 Å². The molecule has 186 valence electrons. The van der Waals surface area contributed by atoms with Crippen LogP contribution in [0.1, 0.15) is 25.7 Å². The lowest BCUT2D eigenvalue weighted by molar-refractivity contribution is 0.387. The van der Waals surface area contributed by atoms with Gasteiger partial charge in [0, 0.05) is 43.7 Å². The lowest BCUT2D eigenvalue weighted by Crippen LogP contribution is -2.42. The van der Waals surface area contributed by atoms with Crippen molar-refractivity contribution < 1.29 is 9.47 Å². The van der Waals surface area contributed by atoms with Gasteiger partial charge in [0.25, 0.3) is 0 Å². The number of nitrogens with one attached hydrogen (secondary N) is 3. The average Bonchev–Trinajstić information content (AvgIpc) is 2.85. The highest BCUT2D eigenvalue weighted by Crippen LogP contribution is 2.36. The van der Waals surface area contributed by atoms with E-state index in [4.69, 9.17) is 43.3 Å². The molecule has 1 aliphatic carbocycles. The molecule has 1 aromatic heterocycles. The van der Waals surface area contributed by atoms with Gasteiger partial charge < -0.3 is 30.3 Å². The summed E-state index contributed by atoms with van der Waals surface area (Å²) in [5.41, 5.74) is 1.64. The van der Waals surface area contributed by atoms with Gasteiger partial charge in [-0.2, -0.15) is 4.98 Å². The summed E-state index contributed by atoms with van der Waals surface area (Å²) < 4.78 is 10.7. The Kier molecular flexibility index (Phi) is 7.97. The second kappa shape index (κ2) is 11.1. The number of fused-ring (bicyclic) bond motifs is 1. The lowest BCUT2D eigenvalue weighted by Gasteiger charge is -2.30. The molecule has 0 spiro atoms. The van der Waals surface area contributed by atoms with Crippen LogP contribution in [-0.4, -0.2) is 55.5 Å². The smallest absolute Gasteiger partial charge is 0.225 e. The van der Waals surface area contributed by atoms with Gasteiger partial charge in [-0.05, 0) is 50.0 Å². The summed E-state index contributed by atoms with van der Waals surface area (Å²) in [6, 6.07) is 12.2. The molecule has 4 rings (SSSR count). The first-order valence-electron chi connectivity index (χ1n) is 11.6. The van der Waals surface area contributed by atoms with E-state index >= 15 is 0 Å². The topological polar surface area (TPSA) is 83.6 Å². The van der Waals surface area contributed by atoms with Gasteiger partial charge in [-0.25, -0.2) is 4.98 Å². The van der Waals surface area contributed by atoms with Crippen LogP contribution in [0.25, 0.3) is 10.9 Å². The number of aromatic nitrogens is 2. The van der Waals surface area contributed by atoms with Crippen molar-refractivity contribution in [1.29, 1.82) is 0 Å². The minimum atomic E-state index is 0.281. The third kappa shape index (κ3) is 5.97. The average molecular weight is 515 g/mol. The standard InChI is InChI=1S/C25H31ClN6O2S/c1-32(2)23-17-7-5-6-8-19(17)29-24(31-23)27-15-9-11-16(12-10-15)28-25(35)30-20-14-21(33-3)18(26)13-22(20)34-4/h5-8,13-16H,9-12H2,1-4H3,(H,27,29,31)(H2,28,30,35)/t15-,16+. The summed E-state index contributed by atoms with van der Waals surface area (Å²) >= 11 is 11.8. The molecule has 0 aliphatic heterocycles. The quantitative estimate of drug-likeness (QED) is 0.374. The number of benzene rings is 2. The molecular formula is C25H31ClN6O2S. The van der Waals surface area contributed by atoms with Crippen LogP contribution in [0.5, 0.6) is 11.5 Å². The third-order valence-electron chi connectivity index (χ3n) is 6.12. The van der Waals surface area contributed by atoms with Crippen LogP contribution in [0.15, 0.2) is 36.4 Å². The van der Waals surface area contributed by atoms with E-state index in [9.17, 15) is 0 Å². The van der Waals surface area contributed by atoms with Gasteiger partial charge in [-0.1, -0.05) is 23.7 Å². The van der Waals surface area contributed by atoms with Crippen LogP contribution in [0, 0.1) is 0 Å². The zero-order valence-corrected chi connectivity index (χ0v) is 22.0.